The fourth-order valence-electron chi connectivity index (χ4n) is 1.96. The van der Waals surface area contributed by atoms with E-state index in [4.69, 9.17) is 4.74 Å². The Kier molecular flexibility index (Phi) is 6.87. The minimum absolute atomic E-state index is 0.156. The molecule has 0 aliphatic heterocycles. The van der Waals surface area contributed by atoms with E-state index in [1.54, 1.807) is 30.4 Å². The van der Waals surface area contributed by atoms with Gasteiger partial charge in [-0.2, -0.15) is 0 Å². The largest absolute Gasteiger partial charge is 0.500 e. The quantitative estimate of drug-likeness (QED) is 0.779. The van der Waals surface area contributed by atoms with Gasteiger partial charge in [-0.25, -0.2) is 9.78 Å². The molecule has 0 fully saturated rings. The number of thiazole rings is 1. The first-order valence-corrected chi connectivity index (χ1v) is 8.32. The molecule has 6 heteroatoms. The van der Waals surface area contributed by atoms with Crippen LogP contribution in [0, 0.1) is 5.92 Å². The molecule has 0 saturated carbocycles. The van der Waals surface area contributed by atoms with Gasteiger partial charge in [-0.15, -0.1) is 11.3 Å². The molecule has 1 N–H and O–H groups in total. The van der Waals surface area contributed by atoms with E-state index in [-0.39, 0.29) is 18.0 Å². The van der Waals surface area contributed by atoms with Crippen LogP contribution in [0.5, 0.6) is 0 Å². The molecule has 1 aromatic heterocycles. The third-order valence-corrected chi connectivity index (χ3v) is 4.56. The van der Waals surface area contributed by atoms with Crippen LogP contribution >= 0.6 is 11.3 Å². The van der Waals surface area contributed by atoms with Crippen molar-refractivity contribution in [2.24, 2.45) is 5.92 Å². The van der Waals surface area contributed by atoms with Crippen molar-refractivity contribution >= 4 is 17.4 Å². The topological polar surface area (TPSA) is 54.5 Å². The predicted molar refractivity (Wildman–Crippen MR) is 91.0 cm³/mol. The number of hydrogen-bond acceptors (Lipinski definition) is 4. The van der Waals surface area contributed by atoms with Gasteiger partial charge < -0.3 is 15.0 Å². The lowest BCUT2D eigenvalue weighted by atomic mass is 10.0. The third kappa shape index (κ3) is 5.02. The van der Waals surface area contributed by atoms with E-state index in [2.05, 4.69) is 30.7 Å². The number of carbonyl (C=O) groups is 1. The highest BCUT2D eigenvalue weighted by molar-refractivity contribution is 7.09. The van der Waals surface area contributed by atoms with E-state index in [0.717, 1.165) is 10.7 Å². The second kappa shape index (κ2) is 8.17. The zero-order valence-electron chi connectivity index (χ0n) is 14.3. The number of ether oxygens (including phenoxy) is 1. The molecular formula is C16H27N3O2S. The maximum Gasteiger partial charge on any atom is 0.318 e. The van der Waals surface area contributed by atoms with Gasteiger partial charge in [-0.05, 0) is 5.92 Å². The number of methoxy groups -OCH3 is 1. The number of urea groups is 1. The molecule has 0 saturated heterocycles. The summed E-state index contributed by atoms with van der Waals surface area (Å²) in [5, 5.41) is 6.06. The summed E-state index contributed by atoms with van der Waals surface area (Å²) < 4.78 is 5.16. The first kappa shape index (κ1) is 18.5. The lowest BCUT2D eigenvalue weighted by Gasteiger charge is -2.26. The summed E-state index contributed by atoms with van der Waals surface area (Å²) in [6.07, 6.45) is 0. The number of rotatable bonds is 7. The smallest absolute Gasteiger partial charge is 0.318 e. The molecule has 1 aromatic rings. The highest BCUT2D eigenvalue weighted by Gasteiger charge is 2.22. The molecule has 0 bridgehead atoms. The summed E-state index contributed by atoms with van der Waals surface area (Å²) in [6.45, 7) is 12.6. The van der Waals surface area contributed by atoms with E-state index in [9.17, 15) is 4.79 Å². The average molecular weight is 325 g/mol. The van der Waals surface area contributed by atoms with Crippen LogP contribution in [-0.2, 0) is 11.3 Å². The van der Waals surface area contributed by atoms with Crippen LogP contribution in [0.1, 0.15) is 44.3 Å². The van der Waals surface area contributed by atoms with Crippen LogP contribution < -0.4 is 5.32 Å². The first-order valence-electron chi connectivity index (χ1n) is 7.45. The van der Waals surface area contributed by atoms with Crippen molar-refractivity contribution in [3.05, 3.63) is 28.4 Å². The Morgan fingerprint density at radius 1 is 1.45 bits per heavy atom. The second-order valence-electron chi connectivity index (χ2n) is 6.03. The first-order chi connectivity index (χ1) is 10.3. The number of nitrogens with one attached hydrogen (secondary N) is 1. The maximum absolute atomic E-state index is 12.3. The molecule has 1 rings (SSSR count). The van der Waals surface area contributed by atoms with Gasteiger partial charge in [0.2, 0.25) is 0 Å². The van der Waals surface area contributed by atoms with Crippen LogP contribution in [0.3, 0.4) is 0 Å². The molecule has 124 valence electrons. The van der Waals surface area contributed by atoms with Crippen molar-refractivity contribution in [1.82, 2.24) is 15.2 Å². The van der Waals surface area contributed by atoms with Crippen molar-refractivity contribution in [3.63, 3.8) is 0 Å². The number of amides is 2. The molecule has 1 heterocycles. The van der Waals surface area contributed by atoms with Crippen molar-refractivity contribution in [2.45, 2.75) is 46.2 Å². The van der Waals surface area contributed by atoms with E-state index >= 15 is 0 Å². The molecule has 1 unspecified atom stereocenters. The van der Waals surface area contributed by atoms with Gasteiger partial charge in [0.15, 0.2) is 0 Å². The third-order valence-electron chi connectivity index (χ3n) is 3.36. The van der Waals surface area contributed by atoms with Crippen molar-refractivity contribution in [2.75, 3.05) is 14.2 Å². The van der Waals surface area contributed by atoms with Crippen LogP contribution in [-0.4, -0.2) is 36.1 Å². The summed E-state index contributed by atoms with van der Waals surface area (Å²) >= 11 is 1.64. The van der Waals surface area contributed by atoms with E-state index in [1.165, 1.54) is 0 Å². The summed E-state index contributed by atoms with van der Waals surface area (Å²) in [4.78, 5) is 18.5. The summed E-state index contributed by atoms with van der Waals surface area (Å²) in [5.41, 5.74) is 0.915. The Bertz CT molecular complexity index is 511. The molecule has 2 amide bonds. The van der Waals surface area contributed by atoms with E-state index in [0.29, 0.717) is 18.2 Å². The minimum Gasteiger partial charge on any atom is -0.500 e. The van der Waals surface area contributed by atoms with Gasteiger partial charge in [0.25, 0.3) is 0 Å². The van der Waals surface area contributed by atoms with Gasteiger partial charge in [0, 0.05) is 18.3 Å². The summed E-state index contributed by atoms with van der Waals surface area (Å²) in [5.74, 6) is 1.18. The molecule has 5 nitrogen and oxygen atoms in total. The van der Waals surface area contributed by atoms with Crippen LogP contribution in [0.25, 0.3) is 0 Å². The molecule has 0 aliphatic carbocycles. The molecule has 0 spiro atoms. The average Bonchev–Trinajstić information content (AvgIpc) is 2.91. The number of carbonyl (C=O) groups excluding carboxylic acids is 1. The lowest BCUT2D eigenvalue weighted by Crippen LogP contribution is -2.46. The van der Waals surface area contributed by atoms with Gasteiger partial charge in [0.05, 0.1) is 30.4 Å². The highest BCUT2D eigenvalue weighted by Crippen LogP contribution is 2.20. The Labute approximate surface area is 137 Å². The van der Waals surface area contributed by atoms with Crippen LogP contribution in [0.4, 0.5) is 4.79 Å². The second-order valence-corrected chi connectivity index (χ2v) is 6.92. The van der Waals surface area contributed by atoms with E-state index in [1.807, 2.05) is 19.2 Å². The van der Waals surface area contributed by atoms with Crippen molar-refractivity contribution in [1.29, 1.82) is 0 Å². The van der Waals surface area contributed by atoms with Gasteiger partial charge >= 0.3 is 6.03 Å². The fourth-order valence-corrected chi connectivity index (χ4v) is 2.79. The highest BCUT2D eigenvalue weighted by atomic mass is 32.1. The van der Waals surface area contributed by atoms with Crippen LogP contribution in [0.2, 0.25) is 0 Å². The Balaban J connectivity index is 2.65. The standard InChI is InChI=1S/C16H27N3O2S/c1-10(2)14(12(5)21-7)18-16(20)19(6)8-13-9-22-15(17-13)11(3)4/h9-11,14H,5,8H2,1-4,6-7H3,(H,18,20). The van der Waals surface area contributed by atoms with Gasteiger partial charge in [-0.3, -0.25) is 0 Å². The fraction of sp³-hybridized carbons (Fsp3) is 0.625. The molecule has 22 heavy (non-hydrogen) atoms. The van der Waals surface area contributed by atoms with Crippen molar-refractivity contribution < 1.29 is 9.53 Å². The summed E-state index contributed by atoms with van der Waals surface area (Å²) in [6, 6.07) is -0.363. The lowest BCUT2D eigenvalue weighted by molar-refractivity contribution is 0.187. The molecule has 0 aliphatic rings. The minimum atomic E-state index is -0.207. The Morgan fingerprint density at radius 2 is 2.09 bits per heavy atom. The molecule has 0 radical (unpaired) electrons. The van der Waals surface area contributed by atoms with Gasteiger partial charge in [-0.1, -0.05) is 34.3 Å². The normalized spacial score (nSPS) is 12.4. The Morgan fingerprint density at radius 3 is 2.55 bits per heavy atom. The van der Waals surface area contributed by atoms with Gasteiger partial charge in [0.1, 0.15) is 5.76 Å². The molecule has 0 aromatic carbocycles. The number of nitrogens with zero attached hydrogens (tertiary/aromatic N) is 2. The van der Waals surface area contributed by atoms with E-state index < -0.39 is 0 Å². The zero-order valence-corrected chi connectivity index (χ0v) is 15.2. The van der Waals surface area contributed by atoms with Crippen molar-refractivity contribution in [3.8, 4) is 0 Å². The number of aromatic nitrogens is 1. The predicted octanol–water partition coefficient (Wildman–Crippen LogP) is 3.59. The zero-order chi connectivity index (χ0) is 16.9. The number of hydrogen-bond donors (Lipinski definition) is 1. The molecular weight excluding hydrogens is 298 g/mol. The maximum atomic E-state index is 12.3. The van der Waals surface area contributed by atoms with Crippen LogP contribution in [0.15, 0.2) is 17.7 Å². The summed E-state index contributed by atoms with van der Waals surface area (Å²) in [7, 11) is 3.33. The SMILES string of the molecule is C=C(OC)C(NC(=O)N(C)Cc1csc(C(C)C)n1)C(C)C. The molecule has 1 atom stereocenters. The monoisotopic (exact) mass is 325 g/mol. The Hall–Kier alpha value is -1.56.